The van der Waals surface area contributed by atoms with Gasteiger partial charge in [0.05, 0.1) is 18.8 Å². The van der Waals surface area contributed by atoms with Crippen LogP contribution < -0.4 is 5.32 Å². The lowest BCUT2D eigenvalue weighted by Gasteiger charge is -2.29. The van der Waals surface area contributed by atoms with Crippen LogP contribution in [0.5, 0.6) is 0 Å². The van der Waals surface area contributed by atoms with Crippen molar-refractivity contribution < 1.29 is 9.47 Å². The van der Waals surface area contributed by atoms with E-state index in [0.29, 0.717) is 18.6 Å². The summed E-state index contributed by atoms with van der Waals surface area (Å²) in [5, 5.41) is 12.9. The summed E-state index contributed by atoms with van der Waals surface area (Å²) in [6.45, 7) is 5.28. The van der Waals surface area contributed by atoms with Gasteiger partial charge in [-0.05, 0) is 44.6 Å². The predicted molar refractivity (Wildman–Crippen MR) is 73.8 cm³/mol. The first-order valence-corrected chi connectivity index (χ1v) is 7.66. The van der Waals surface area contributed by atoms with E-state index >= 15 is 0 Å². The summed E-state index contributed by atoms with van der Waals surface area (Å²) in [6.07, 6.45) is 6.84. The Kier molecular flexibility index (Phi) is 5.62. The fourth-order valence-electron chi connectivity index (χ4n) is 3.42. The van der Waals surface area contributed by atoms with E-state index in [1.807, 2.05) is 0 Å². The van der Waals surface area contributed by atoms with E-state index in [1.165, 1.54) is 0 Å². The maximum absolute atomic E-state index is 9.47. The maximum Gasteiger partial charge on any atom is 0.109 e. The minimum atomic E-state index is -0.304. The SMILES string of the molecule is CCNC1(C#N)CCCC1CCOCC1CCCO1. The Balaban J connectivity index is 1.70. The predicted octanol–water partition coefficient (Wildman–Crippen LogP) is 2.24. The first-order chi connectivity index (χ1) is 9.30. The fraction of sp³-hybridized carbons (Fsp3) is 0.933. The number of nitriles is 1. The van der Waals surface area contributed by atoms with Gasteiger partial charge in [-0.3, -0.25) is 5.32 Å². The molecule has 1 saturated carbocycles. The van der Waals surface area contributed by atoms with Crippen molar-refractivity contribution in [2.45, 2.75) is 57.1 Å². The normalized spacial score (nSPS) is 34.5. The summed E-state index contributed by atoms with van der Waals surface area (Å²) in [4.78, 5) is 0. The molecule has 1 N–H and O–H groups in total. The van der Waals surface area contributed by atoms with Crippen molar-refractivity contribution in [3.8, 4) is 6.07 Å². The molecule has 0 amide bonds. The van der Waals surface area contributed by atoms with Crippen LogP contribution in [0.3, 0.4) is 0 Å². The minimum Gasteiger partial charge on any atom is -0.379 e. The van der Waals surface area contributed by atoms with Gasteiger partial charge in [0.15, 0.2) is 0 Å². The minimum absolute atomic E-state index is 0.304. The summed E-state index contributed by atoms with van der Waals surface area (Å²) in [5.74, 6) is 0.432. The van der Waals surface area contributed by atoms with E-state index in [0.717, 1.165) is 58.3 Å². The molecule has 4 heteroatoms. The van der Waals surface area contributed by atoms with Crippen molar-refractivity contribution in [3.05, 3.63) is 0 Å². The Hall–Kier alpha value is -0.630. The second-order valence-corrected chi connectivity index (χ2v) is 5.70. The summed E-state index contributed by atoms with van der Waals surface area (Å²) in [6, 6.07) is 2.52. The Morgan fingerprint density at radius 1 is 1.42 bits per heavy atom. The van der Waals surface area contributed by atoms with Gasteiger partial charge >= 0.3 is 0 Å². The van der Waals surface area contributed by atoms with Gasteiger partial charge in [-0.25, -0.2) is 0 Å². The Morgan fingerprint density at radius 2 is 2.32 bits per heavy atom. The lowest BCUT2D eigenvalue weighted by molar-refractivity contribution is 0.0117. The van der Waals surface area contributed by atoms with Gasteiger partial charge in [0.25, 0.3) is 0 Å². The topological polar surface area (TPSA) is 54.3 Å². The zero-order chi connectivity index (χ0) is 13.6. The van der Waals surface area contributed by atoms with E-state index in [2.05, 4.69) is 18.3 Å². The van der Waals surface area contributed by atoms with E-state index in [9.17, 15) is 5.26 Å². The highest BCUT2D eigenvalue weighted by atomic mass is 16.5. The third kappa shape index (κ3) is 3.68. The molecule has 1 aliphatic heterocycles. The first kappa shape index (κ1) is 14.8. The Labute approximate surface area is 116 Å². The molecule has 3 unspecified atom stereocenters. The summed E-state index contributed by atoms with van der Waals surface area (Å²) in [7, 11) is 0. The van der Waals surface area contributed by atoms with E-state index < -0.39 is 0 Å². The average molecular weight is 266 g/mol. The van der Waals surface area contributed by atoms with Gasteiger partial charge in [0, 0.05) is 13.2 Å². The highest BCUT2D eigenvalue weighted by Crippen LogP contribution is 2.37. The molecule has 4 nitrogen and oxygen atoms in total. The summed E-state index contributed by atoms with van der Waals surface area (Å²) in [5.41, 5.74) is -0.304. The molecule has 1 saturated heterocycles. The molecule has 0 aromatic carbocycles. The molecule has 1 aliphatic carbocycles. The van der Waals surface area contributed by atoms with Crippen LogP contribution >= 0.6 is 0 Å². The molecule has 0 radical (unpaired) electrons. The molecule has 2 fully saturated rings. The number of rotatable bonds is 7. The van der Waals surface area contributed by atoms with Gasteiger partial charge in [-0.15, -0.1) is 0 Å². The largest absolute Gasteiger partial charge is 0.379 e. The second-order valence-electron chi connectivity index (χ2n) is 5.70. The van der Waals surface area contributed by atoms with Crippen molar-refractivity contribution in [2.75, 3.05) is 26.4 Å². The van der Waals surface area contributed by atoms with Gasteiger partial charge < -0.3 is 9.47 Å². The van der Waals surface area contributed by atoms with Crippen molar-refractivity contribution in [2.24, 2.45) is 5.92 Å². The van der Waals surface area contributed by atoms with Crippen molar-refractivity contribution in [3.63, 3.8) is 0 Å². The molecule has 3 atom stereocenters. The molecule has 2 aliphatic rings. The zero-order valence-electron chi connectivity index (χ0n) is 12.0. The van der Waals surface area contributed by atoms with Crippen LogP contribution in [0.1, 0.15) is 45.4 Å². The molecule has 1 heterocycles. The standard InChI is InChI=1S/C15H26N2O2/c1-2-17-15(12-16)8-3-5-13(15)7-10-18-11-14-6-4-9-19-14/h13-14,17H,2-11H2,1H3. The smallest absolute Gasteiger partial charge is 0.109 e. The summed E-state index contributed by atoms with van der Waals surface area (Å²) < 4.78 is 11.3. The molecular formula is C15H26N2O2. The van der Waals surface area contributed by atoms with Gasteiger partial charge in [-0.2, -0.15) is 5.26 Å². The molecule has 0 bridgehead atoms. The quantitative estimate of drug-likeness (QED) is 0.718. The van der Waals surface area contributed by atoms with Crippen LogP contribution in [0.2, 0.25) is 0 Å². The van der Waals surface area contributed by atoms with Crippen LogP contribution in [-0.4, -0.2) is 38.0 Å². The van der Waals surface area contributed by atoms with Crippen LogP contribution in [0.4, 0.5) is 0 Å². The number of nitrogens with one attached hydrogen (secondary N) is 1. The second kappa shape index (κ2) is 7.23. The molecule has 19 heavy (non-hydrogen) atoms. The summed E-state index contributed by atoms with van der Waals surface area (Å²) >= 11 is 0. The van der Waals surface area contributed by atoms with Crippen LogP contribution in [0, 0.1) is 17.2 Å². The van der Waals surface area contributed by atoms with Crippen LogP contribution in [-0.2, 0) is 9.47 Å². The molecule has 0 aromatic rings. The van der Waals surface area contributed by atoms with Gasteiger partial charge in [0.1, 0.15) is 5.54 Å². The van der Waals surface area contributed by atoms with E-state index in [4.69, 9.17) is 9.47 Å². The molecule has 0 aromatic heterocycles. The highest BCUT2D eigenvalue weighted by molar-refractivity contribution is 5.13. The Bertz CT molecular complexity index is 310. The van der Waals surface area contributed by atoms with Crippen LogP contribution in [0.15, 0.2) is 0 Å². The van der Waals surface area contributed by atoms with Crippen LogP contribution in [0.25, 0.3) is 0 Å². The van der Waals surface area contributed by atoms with Gasteiger partial charge in [0.2, 0.25) is 0 Å². The number of ether oxygens (including phenoxy) is 2. The highest BCUT2D eigenvalue weighted by Gasteiger charge is 2.42. The first-order valence-electron chi connectivity index (χ1n) is 7.66. The van der Waals surface area contributed by atoms with E-state index in [-0.39, 0.29) is 5.54 Å². The van der Waals surface area contributed by atoms with Crippen molar-refractivity contribution in [1.82, 2.24) is 5.32 Å². The molecular weight excluding hydrogens is 240 g/mol. The maximum atomic E-state index is 9.47. The number of nitrogens with zero attached hydrogens (tertiary/aromatic N) is 1. The Morgan fingerprint density at radius 3 is 3.00 bits per heavy atom. The average Bonchev–Trinajstić information content (AvgIpc) is 3.05. The number of hydrogen-bond acceptors (Lipinski definition) is 4. The molecule has 108 valence electrons. The van der Waals surface area contributed by atoms with Crippen molar-refractivity contribution in [1.29, 1.82) is 5.26 Å². The third-order valence-electron chi connectivity index (χ3n) is 4.45. The number of hydrogen-bond donors (Lipinski definition) is 1. The van der Waals surface area contributed by atoms with E-state index in [1.54, 1.807) is 0 Å². The monoisotopic (exact) mass is 266 g/mol. The van der Waals surface area contributed by atoms with Crippen molar-refractivity contribution >= 4 is 0 Å². The lowest BCUT2D eigenvalue weighted by atomic mass is 9.86. The fourth-order valence-corrected chi connectivity index (χ4v) is 3.42. The third-order valence-corrected chi connectivity index (χ3v) is 4.45. The lowest BCUT2D eigenvalue weighted by Crippen LogP contribution is -2.47. The van der Waals surface area contributed by atoms with Gasteiger partial charge in [-0.1, -0.05) is 13.3 Å². The molecule has 0 spiro atoms. The zero-order valence-corrected chi connectivity index (χ0v) is 12.0. The molecule has 2 rings (SSSR count).